The van der Waals surface area contributed by atoms with Crippen molar-refractivity contribution >= 4 is 11.9 Å². The Balaban J connectivity index is 1.45. The van der Waals surface area contributed by atoms with Gasteiger partial charge < -0.3 is 19.3 Å². The summed E-state index contributed by atoms with van der Waals surface area (Å²) in [6, 6.07) is 18.5. The van der Waals surface area contributed by atoms with E-state index in [1.165, 1.54) is 0 Å². The first-order valence-electron chi connectivity index (χ1n) is 9.48. The molecule has 4 rings (SSSR count). The van der Waals surface area contributed by atoms with Crippen LogP contribution in [-0.2, 0) is 0 Å². The Morgan fingerprint density at radius 3 is 2.41 bits per heavy atom. The molecule has 1 aliphatic rings. The monoisotopic (exact) mass is 390 g/mol. The number of aromatic nitrogens is 2. The molecule has 0 unspecified atom stereocenters. The minimum Gasteiger partial charge on any atom is -0.481 e. The van der Waals surface area contributed by atoms with Crippen LogP contribution < -0.4 is 14.4 Å². The molecule has 7 heteroatoms. The van der Waals surface area contributed by atoms with Crippen LogP contribution in [0.5, 0.6) is 17.4 Å². The standard InChI is InChI=1S/C22H22N4O3/c1-28-20-11-12-23-22(24-20)26-15-13-25(14-16-26)21(27)18-9-5-6-10-19(18)29-17-7-3-2-4-8-17/h2-12H,13-16H2,1H3. The average Bonchev–Trinajstić information content (AvgIpc) is 2.80. The number of hydrogen-bond acceptors (Lipinski definition) is 6. The average molecular weight is 390 g/mol. The lowest BCUT2D eigenvalue weighted by molar-refractivity contribution is 0.0743. The van der Waals surface area contributed by atoms with Crippen LogP contribution >= 0.6 is 0 Å². The maximum Gasteiger partial charge on any atom is 0.257 e. The Bertz CT molecular complexity index is 973. The third kappa shape index (κ3) is 4.29. The van der Waals surface area contributed by atoms with Crippen LogP contribution in [-0.4, -0.2) is 54.1 Å². The largest absolute Gasteiger partial charge is 0.481 e. The topological polar surface area (TPSA) is 67.8 Å². The fourth-order valence-electron chi connectivity index (χ4n) is 3.23. The molecule has 0 bridgehead atoms. The molecule has 29 heavy (non-hydrogen) atoms. The van der Waals surface area contributed by atoms with Crippen molar-refractivity contribution in [3.63, 3.8) is 0 Å². The number of carbonyl (C=O) groups is 1. The van der Waals surface area contributed by atoms with E-state index in [4.69, 9.17) is 9.47 Å². The highest BCUT2D eigenvalue weighted by Crippen LogP contribution is 2.26. The predicted octanol–water partition coefficient (Wildman–Crippen LogP) is 3.24. The number of para-hydroxylation sites is 2. The van der Waals surface area contributed by atoms with Gasteiger partial charge in [0, 0.05) is 38.4 Å². The van der Waals surface area contributed by atoms with Gasteiger partial charge in [0.1, 0.15) is 11.5 Å². The molecule has 2 aromatic carbocycles. The van der Waals surface area contributed by atoms with E-state index in [9.17, 15) is 4.79 Å². The fraction of sp³-hybridized carbons (Fsp3) is 0.227. The maximum atomic E-state index is 13.1. The second-order valence-electron chi connectivity index (χ2n) is 6.59. The van der Waals surface area contributed by atoms with E-state index < -0.39 is 0 Å². The molecule has 1 aliphatic heterocycles. The quantitative estimate of drug-likeness (QED) is 0.666. The molecular weight excluding hydrogens is 368 g/mol. The molecule has 0 atom stereocenters. The summed E-state index contributed by atoms with van der Waals surface area (Å²) in [6.45, 7) is 2.47. The molecule has 0 saturated carbocycles. The Morgan fingerprint density at radius 1 is 0.931 bits per heavy atom. The normalized spacial score (nSPS) is 13.8. The first-order chi connectivity index (χ1) is 14.2. The predicted molar refractivity (Wildman–Crippen MR) is 110 cm³/mol. The highest BCUT2D eigenvalue weighted by atomic mass is 16.5. The van der Waals surface area contributed by atoms with Gasteiger partial charge in [-0.15, -0.1) is 0 Å². The SMILES string of the molecule is COc1ccnc(N2CCN(C(=O)c3ccccc3Oc3ccccc3)CC2)n1. The Labute approximate surface area is 169 Å². The van der Waals surface area contributed by atoms with E-state index in [1.54, 1.807) is 25.4 Å². The lowest BCUT2D eigenvalue weighted by Gasteiger charge is -2.35. The molecule has 7 nitrogen and oxygen atoms in total. The molecule has 1 amide bonds. The van der Waals surface area contributed by atoms with Gasteiger partial charge in [0.2, 0.25) is 11.8 Å². The van der Waals surface area contributed by atoms with Crippen LogP contribution in [0.3, 0.4) is 0 Å². The van der Waals surface area contributed by atoms with Gasteiger partial charge in [-0.25, -0.2) is 4.98 Å². The van der Waals surface area contributed by atoms with E-state index >= 15 is 0 Å². The molecule has 1 fully saturated rings. The zero-order valence-electron chi connectivity index (χ0n) is 16.2. The van der Waals surface area contributed by atoms with Crippen molar-refractivity contribution < 1.29 is 14.3 Å². The van der Waals surface area contributed by atoms with Gasteiger partial charge in [-0.2, -0.15) is 4.98 Å². The number of carbonyl (C=O) groups excluding carboxylic acids is 1. The summed E-state index contributed by atoms with van der Waals surface area (Å²) in [5.74, 6) is 2.36. The zero-order valence-corrected chi connectivity index (χ0v) is 16.2. The van der Waals surface area contributed by atoms with Gasteiger partial charge in [-0.3, -0.25) is 4.79 Å². The van der Waals surface area contributed by atoms with Crippen molar-refractivity contribution in [2.45, 2.75) is 0 Å². The van der Waals surface area contributed by atoms with Crippen LogP contribution in [0.4, 0.5) is 5.95 Å². The van der Waals surface area contributed by atoms with Crippen molar-refractivity contribution in [1.82, 2.24) is 14.9 Å². The van der Waals surface area contributed by atoms with Gasteiger partial charge in [-0.1, -0.05) is 30.3 Å². The molecule has 3 aromatic rings. The van der Waals surface area contributed by atoms with Crippen LogP contribution in [0.25, 0.3) is 0 Å². The number of methoxy groups -OCH3 is 1. The summed E-state index contributed by atoms with van der Waals surface area (Å²) >= 11 is 0. The van der Waals surface area contributed by atoms with Crippen LogP contribution in [0.2, 0.25) is 0 Å². The summed E-state index contributed by atoms with van der Waals surface area (Å²) in [7, 11) is 1.58. The van der Waals surface area contributed by atoms with Crippen LogP contribution in [0.15, 0.2) is 66.9 Å². The van der Waals surface area contributed by atoms with Crippen molar-refractivity contribution in [2.24, 2.45) is 0 Å². The van der Waals surface area contributed by atoms with Crippen LogP contribution in [0.1, 0.15) is 10.4 Å². The third-order valence-corrected chi connectivity index (χ3v) is 4.76. The minimum absolute atomic E-state index is 0.0391. The van der Waals surface area contributed by atoms with E-state index in [1.807, 2.05) is 53.4 Å². The molecule has 1 aromatic heterocycles. The fourth-order valence-corrected chi connectivity index (χ4v) is 3.23. The van der Waals surface area contributed by atoms with Gasteiger partial charge >= 0.3 is 0 Å². The number of nitrogens with zero attached hydrogens (tertiary/aromatic N) is 4. The number of benzene rings is 2. The summed E-state index contributed by atoms with van der Waals surface area (Å²) in [6.07, 6.45) is 1.68. The number of anilines is 1. The summed E-state index contributed by atoms with van der Waals surface area (Å²) in [4.78, 5) is 25.7. The van der Waals surface area contributed by atoms with Crippen molar-refractivity contribution in [3.8, 4) is 17.4 Å². The maximum absolute atomic E-state index is 13.1. The molecular formula is C22H22N4O3. The second-order valence-corrected chi connectivity index (χ2v) is 6.59. The lowest BCUT2D eigenvalue weighted by atomic mass is 10.1. The highest BCUT2D eigenvalue weighted by molar-refractivity contribution is 5.97. The Hall–Kier alpha value is -3.61. The van der Waals surface area contributed by atoms with Crippen molar-refractivity contribution in [1.29, 1.82) is 0 Å². The smallest absolute Gasteiger partial charge is 0.257 e. The lowest BCUT2D eigenvalue weighted by Crippen LogP contribution is -2.49. The van der Waals surface area contributed by atoms with Gasteiger partial charge in [0.15, 0.2) is 0 Å². The van der Waals surface area contributed by atoms with Gasteiger partial charge in [-0.05, 0) is 24.3 Å². The second kappa shape index (κ2) is 8.60. The zero-order chi connectivity index (χ0) is 20.1. The Kier molecular flexibility index (Phi) is 5.56. The number of hydrogen-bond donors (Lipinski definition) is 0. The van der Waals surface area contributed by atoms with Gasteiger partial charge in [0.25, 0.3) is 5.91 Å². The Morgan fingerprint density at radius 2 is 1.66 bits per heavy atom. The summed E-state index contributed by atoms with van der Waals surface area (Å²) < 4.78 is 11.1. The van der Waals surface area contributed by atoms with E-state index in [-0.39, 0.29) is 5.91 Å². The number of piperazine rings is 1. The molecule has 1 saturated heterocycles. The van der Waals surface area contributed by atoms with E-state index in [0.717, 1.165) is 0 Å². The van der Waals surface area contributed by atoms with E-state index in [2.05, 4.69) is 14.9 Å². The summed E-state index contributed by atoms with van der Waals surface area (Å²) in [5, 5.41) is 0. The molecule has 0 spiro atoms. The van der Waals surface area contributed by atoms with Crippen molar-refractivity contribution in [2.75, 3.05) is 38.2 Å². The molecule has 0 aliphatic carbocycles. The van der Waals surface area contributed by atoms with Gasteiger partial charge in [0.05, 0.1) is 12.7 Å². The molecule has 148 valence electrons. The first-order valence-corrected chi connectivity index (χ1v) is 9.48. The number of amides is 1. The van der Waals surface area contributed by atoms with E-state index in [0.29, 0.717) is 55.1 Å². The minimum atomic E-state index is -0.0391. The molecule has 2 heterocycles. The first kappa shape index (κ1) is 18.7. The number of rotatable bonds is 5. The highest BCUT2D eigenvalue weighted by Gasteiger charge is 2.25. The third-order valence-electron chi connectivity index (χ3n) is 4.76. The summed E-state index contributed by atoms with van der Waals surface area (Å²) in [5.41, 5.74) is 0.558. The molecule has 0 radical (unpaired) electrons. The molecule has 0 N–H and O–H groups in total. The van der Waals surface area contributed by atoms with Crippen molar-refractivity contribution in [3.05, 3.63) is 72.4 Å². The van der Waals surface area contributed by atoms with Crippen LogP contribution in [0, 0.1) is 0 Å². The number of ether oxygens (including phenoxy) is 2.